The standard InChI is InChI=1S/C5H13N3/c1-8-5-4-6-2-3-7-8/h6-7H,2-5H2,1H3. The number of likely N-dealkylation sites (N-methyl/N-ethyl adjacent to an activating group) is 1. The molecule has 1 rings (SSSR count). The van der Waals surface area contributed by atoms with Crippen molar-refractivity contribution in [1.29, 1.82) is 0 Å². The number of rotatable bonds is 0. The lowest BCUT2D eigenvalue weighted by Crippen LogP contribution is -2.34. The molecule has 0 atom stereocenters. The lowest BCUT2D eigenvalue weighted by atomic mass is 10.6. The molecule has 0 saturated carbocycles. The third-order valence-corrected chi connectivity index (χ3v) is 1.31. The van der Waals surface area contributed by atoms with Gasteiger partial charge in [-0.3, -0.25) is 5.43 Å². The first-order chi connectivity index (χ1) is 3.89. The zero-order chi connectivity index (χ0) is 5.82. The molecule has 1 aliphatic rings. The molecule has 1 heterocycles. The van der Waals surface area contributed by atoms with Crippen molar-refractivity contribution in [2.24, 2.45) is 0 Å². The van der Waals surface area contributed by atoms with E-state index in [9.17, 15) is 0 Å². The number of nitrogens with zero attached hydrogens (tertiary/aromatic N) is 1. The molecular formula is C5H13N3. The molecule has 1 aliphatic heterocycles. The Morgan fingerprint density at radius 3 is 3.00 bits per heavy atom. The monoisotopic (exact) mass is 115 g/mol. The van der Waals surface area contributed by atoms with Gasteiger partial charge in [-0.25, -0.2) is 5.01 Å². The maximum atomic E-state index is 3.27. The van der Waals surface area contributed by atoms with Crippen LogP contribution in [0.4, 0.5) is 0 Å². The van der Waals surface area contributed by atoms with Crippen LogP contribution in [0.5, 0.6) is 0 Å². The molecule has 3 nitrogen and oxygen atoms in total. The predicted octanol–water partition coefficient (Wildman–Crippen LogP) is -0.974. The van der Waals surface area contributed by atoms with Crippen molar-refractivity contribution in [2.45, 2.75) is 0 Å². The summed E-state index contributed by atoms with van der Waals surface area (Å²) in [5, 5.41) is 5.38. The van der Waals surface area contributed by atoms with Gasteiger partial charge in [0, 0.05) is 33.2 Å². The largest absolute Gasteiger partial charge is 0.314 e. The number of hydrogen-bond donors (Lipinski definition) is 2. The van der Waals surface area contributed by atoms with Gasteiger partial charge in [0.15, 0.2) is 0 Å². The zero-order valence-corrected chi connectivity index (χ0v) is 5.28. The van der Waals surface area contributed by atoms with Crippen LogP contribution in [0.3, 0.4) is 0 Å². The molecule has 0 aromatic carbocycles. The van der Waals surface area contributed by atoms with Gasteiger partial charge in [-0.1, -0.05) is 0 Å². The Balaban J connectivity index is 2.17. The van der Waals surface area contributed by atoms with E-state index < -0.39 is 0 Å². The highest BCUT2D eigenvalue weighted by atomic mass is 15.5. The van der Waals surface area contributed by atoms with Gasteiger partial charge in [0.1, 0.15) is 0 Å². The van der Waals surface area contributed by atoms with E-state index in [1.807, 2.05) is 0 Å². The average Bonchev–Trinajstić information content (AvgIpc) is 1.94. The van der Waals surface area contributed by atoms with E-state index in [0.717, 1.165) is 26.2 Å². The smallest absolute Gasteiger partial charge is 0.0253 e. The normalized spacial score (nSPS) is 25.1. The van der Waals surface area contributed by atoms with Crippen molar-refractivity contribution in [2.75, 3.05) is 33.2 Å². The number of hydrogen-bond acceptors (Lipinski definition) is 3. The van der Waals surface area contributed by atoms with E-state index in [4.69, 9.17) is 0 Å². The third-order valence-electron chi connectivity index (χ3n) is 1.31. The molecule has 0 aromatic rings. The number of hydrazine groups is 1. The van der Waals surface area contributed by atoms with E-state index >= 15 is 0 Å². The van der Waals surface area contributed by atoms with E-state index in [1.165, 1.54) is 0 Å². The van der Waals surface area contributed by atoms with Crippen molar-refractivity contribution in [1.82, 2.24) is 15.8 Å². The van der Waals surface area contributed by atoms with Crippen LogP contribution in [0.15, 0.2) is 0 Å². The lowest BCUT2D eigenvalue weighted by Gasteiger charge is -2.11. The quantitative estimate of drug-likeness (QED) is 0.425. The molecule has 0 amide bonds. The second-order valence-corrected chi connectivity index (χ2v) is 2.08. The minimum Gasteiger partial charge on any atom is -0.314 e. The predicted molar refractivity (Wildman–Crippen MR) is 33.5 cm³/mol. The summed E-state index contributed by atoms with van der Waals surface area (Å²) >= 11 is 0. The highest BCUT2D eigenvalue weighted by Gasteiger charge is 1.99. The van der Waals surface area contributed by atoms with Gasteiger partial charge < -0.3 is 5.32 Å². The van der Waals surface area contributed by atoms with E-state index in [1.54, 1.807) is 0 Å². The Labute approximate surface area is 50.0 Å². The Morgan fingerprint density at radius 2 is 2.12 bits per heavy atom. The molecular weight excluding hydrogens is 102 g/mol. The second kappa shape index (κ2) is 3.02. The highest BCUT2D eigenvalue weighted by Crippen LogP contribution is 1.76. The van der Waals surface area contributed by atoms with Crippen molar-refractivity contribution < 1.29 is 0 Å². The maximum absolute atomic E-state index is 3.27. The molecule has 1 saturated heterocycles. The molecule has 2 N–H and O–H groups in total. The molecule has 0 unspecified atom stereocenters. The molecule has 0 bridgehead atoms. The van der Waals surface area contributed by atoms with Crippen LogP contribution in [0.1, 0.15) is 0 Å². The van der Waals surface area contributed by atoms with E-state index in [2.05, 4.69) is 22.8 Å². The third kappa shape index (κ3) is 1.78. The molecule has 8 heavy (non-hydrogen) atoms. The fraction of sp³-hybridized carbons (Fsp3) is 1.00. The fourth-order valence-corrected chi connectivity index (χ4v) is 0.786. The van der Waals surface area contributed by atoms with Crippen LogP contribution in [0, 0.1) is 0 Å². The van der Waals surface area contributed by atoms with Gasteiger partial charge in [0.05, 0.1) is 0 Å². The second-order valence-electron chi connectivity index (χ2n) is 2.08. The zero-order valence-electron chi connectivity index (χ0n) is 5.28. The van der Waals surface area contributed by atoms with Crippen molar-refractivity contribution >= 4 is 0 Å². The summed E-state index contributed by atoms with van der Waals surface area (Å²) in [5.41, 5.74) is 3.22. The molecule has 0 spiro atoms. The molecule has 0 aromatic heterocycles. The minimum absolute atomic E-state index is 1.05. The first-order valence-corrected chi connectivity index (χ1v) is 3.05. The van der Waals surface area contributed by atoms with Crippen LogP contribution in [-0.2, 0) is 0 Å². The lowest BCUT2D eigenvalue weighted by molar-refractivity contribution is 0.261. The van der Waals surface area contributed by atoms with Crippen LogP contribution < -0.4 is 10.7 Å². The molecule has 0 radical (unpaired) electrons. The number of nitrogens with one attached hydrogen (secondary N) is 2. The molecule has 3 heteroatoms. The first-order valence-electron chi connectivity index (χ1n) is 3.05. The van der Waals surface area contributed by atoms with Gasteiger partial charge >= 0.3 is 0 Å². The van der Waals surface area contributed by atoms with Gasteiger partial charge in [-0.2, -0.15) is 0 Å². The van der Waals surface area contributed by atoms with E-state index in [-0.39, 0.29) is 0 Å². The Hall–Kier alpha value is -0.120. The molecule has 48 valence electrons. The van der Waals surface area contributed by atoms with Gasteiger partial charge in [0.2, 0.25) is 0 Å². The topological polar surface area (TPSA) is 27.3 Å². The molecule has 0 aliphatic carbocycles. The van der Waals surface area contributed by atoms with Crippen LogP contribution >= 0.6 is 0 Å². The van der Waals surface area contributed by atoms with Gasteiger partial charge in [-0.15, -0.1) is 0 Å². The summed E-state index contributed by atoms with van der Waals surface area (Å²) < 4.78 is 0. The Morgan fingerprint density at radius 1 is 1.25 bits per heavy atom. The van der Waals surface area contributed by atoms with Crippen LogP contribution in [-0.4, -0.2) is 38.2 Å². The summed E-state index contributed by atoms with van der Waals surface area (Å²) in [5.74, 6) is 0. The van der Waals surface area contributed by atoms with E-state index in [0.29, 0.717) is 0 Å². The summed E-state index contributed by atoms with van der Waals surface area (Å²) in [7, 11) is 2.06. The Kier molecular flexibility index (Phi) is 2.27. The maximum Gasteiger partial charge on any atom is 0.0253 e. The SMILES string of the molecule is CN1CCNCCN1. The average molecular weight is 115 g/mol. The van der Waals surface area contributed by atoms with Crippen molar-refractivity contribution in [3.8, 4) is 0 Å². The van der Waals surface area contributed by atoms with Crippen molar-refractivity contribution in [3.63, 3.8) is 0 Å². The van der Waals surface area contributed by atoms with Crippen molar-refractivity contribution in [3.05, 3.63) is 0 Å². The van der Waals surface area contributed by atoms with Gasteiger partial charge in [-0.05, 0) is 0 Å². The summed E-state index contributed by atoms with van der Waals surface area (Å²) in [6.07, 6.45) is 0. The van der Waals surface area contributed by atoms with Gasteiger partial charge in [0.25, 0.3) is 0 Å². The molecule has 1 fully saturated rings. The minimum atomic E-state index is 1.05. The fourth-order valence-electron chi connectivity index (χ4n) is 0.786. The summed E-state index contributed by atoms with van der Waals surface area (Å²) in [4.78, 5) is 0. The van der Waals surface area contributed by atoms with Crippen LogP contribution in [0.2, 0.25) is 0 Å². The summed E-state index contributed by atoms with van der Waals surface area (Å²) in [6.45, 7) is 4.34. The highest BCUT2D eigenvalue weighted by molar-refractivity contribution is 4.57. The van der Waals surface area contributed by atoms with Crippen LogP contribution in [0.25, 0.3) is 0 Å². The first kappa shape index (κ1) is 6.01. The summed E-state index contributed by atoms with van der Waals surface area (Å²) in [6, 6.07) is 0. The Bertz CT molecular complexity index is 56.7.